The Labute approximate surface area is 126 Å². The molecule has 2 N–H and O–H groups in total. The Morgan fingerprint density at radius 3 is 2.81 bits per heavy atom. The van der Waals surface area contributed by atoms with Gasteiger partial charge in [-0.25, -0.2) is 17.9 Å². The van der Waals surface area contributed by atoms with Crippen molar-refractivity contribution < 1.29 is 27.8 Å². The molecule has 21 heavy (non-hydrogen) atoms. The van der Waals surface area contributed by atoms with E-state index in [-0.39, 0.29) is 16.3 Å². The van der Waals surface area contributed by atoms with E-state index >= 15 is 0 Å². The highest BCUT2D eigenvalue weighted by molar-refractivity contribution is 7.89. The summed E-state index contributed by atoms with van der Waals surface area (Å²) >= 11 is 0.938. The lowest BCUT2D eigenvalue weighted by molar-refractivity contribution is -0.0120. The summed E-state index contributed by atoms with van der Waals surface area (Å²) in [7, 11) is -2.26. The van der Waals surface area contributed by atoms with Crippen LogP contribution >= 0.6 is 11.3 Å². The van der Waals surface area contributed by atoms with Crippen LogP contribution in [0.5, 0.6) is 0 Å². The van der Waals surface area contributed by atoms with Crippen molar-refractivity contribution in [1.82, 2.24) is 4.72 Å². The van der Waals surface area contributed by atoms with Gasteiger partial charge in [0.1, 0.15) is 10.5 Å². The van der Waals surface area contributed by atoms with Gasteiger partial charge >= 0.3 is 5.97 Å². The number of hydrogen-bond acceptors (Lipinski definition) is 6. The van der Waals surface area contributed by atoms with Gasteiger partial charge < -0.3 is 14.6 Å². The number of nitrogens with one attached hydrogen (secondary N) is 1. The number of carbonyl (C=O) groups is 1. The zero-order chi connectivity index (χ0) is 15.7. The Bertz CT molecular complexity index is 630. The van der Waals surface area contributed by atoms with Crippen molar-refractivity contribution in [3.63, 3.8) is 0 Å². The third-order valence-electron chi connectivity index (χ3n) is 3.46. The van der Waals surface area contributed by atoms with E-state index in [2.05, 4.69) is 4.72 Å². The molecule has 1 aliphatic rings. The van der Waals surface area contributed by atoms with Crippen molar-refractivity contribution in [2.75, 3.05) is 26.9 Å². The van der Waals surface area contributed by atoms with E-state index in [9.17, 15) is 13.2 Å². The molecule has 0 radical (unpaired) electrons. The van der Waals surface area contributed by atoms with Gasteiger partial charge in [-0.05, 0) is 13.0 Å². The summed E-state index contributed by atoms with van der Waals surface area (Å²) in [6.07, 6.45) is 0.606. The molecule has 0 spiro atoms. The predicted molar refractivity (Wildman–Crippen MR) is 76.4 cm³/mol. The van der Waals surface area contributed by atoms with Gasteiger partial charge in [-0.1, -0.05) is 0 Å². The number of ether oxygens (including phenoxy) is 2. The number of aryl methyl sites for hydroxylation is 1. The summed E-state index contributed by atoms with van der Waals surface area (Å²) in [5.74, 6) is -1.14. The third-order valence-corrected chi connectivity index (χ3v) is 6.15. The minimum absolute atomic E-state index is 0.00136. The van der Waals surface area contributed by atoms with Crippen LogP contribution in [0, 0.1) is 6.92 Å². The summed E-state index contributed by atoms with van der Waals surface area (Å²) < 4.78 is 37.7. The SMILES string of the molecule is COC1(CNS(=O)(=O)c2cc(C(=O)O)sc2C)CCOC1. The number of thiophene rings is 1. The minimum atomic E-state index is -3.78. The Morgan fingerprint density at radius 2 is 2.33 bits per heavy atom. The molecule has 9 heteroatoms. The van der Waals surface area contributed by atoms with Gasteiger partial charge in [0.25, 0.3) is 0 Å². The topological polar surface area (TPSA) is 102 Å². The number of carboxylic acid groups (broad SMARTS) is 1. The van der Waals surface area contributed by atoms with E-state index in [1.54, 1.807) is 6.92 Å². The van der Waals surface area contributed by atoms with Crippen molar-refractivity contribution >= 4 is 27.3 Å². The summed E-state index contributed by atoms with van der Waals surface area (Å²) in [5.41, 5.74) is -0.660. The van der Waals surface area contributed by atoms with E-state index in [1.807, 2.05) is 0 Å². The first kappa shape index (κ1) is 16.4. The predicted octanol–water partition coefficient (Wildman–Crippen LogP) is 0.839. The second kappa shape index (κ2) is 6.01. The van der Waals surface area contributed by atoms with Gasteiger partial charge in [-0.2, -0.15) is 0 Å². The fourth-order valence-corrected chi connectivity index (χ4v) is 4.65. The Balaban J connectivity index is 2.17. The number of rotatable bonds is 6. The van der Waals surface area contributed by atoms with Gasteiger partial charge in [-0.15, -0.1) is 11.3 Å². The molecular weight excluding hydrogens is 318 g/mol. The molecule has 1 unspecified atom stereocenters. The molecule has 0 aromatic carbocycles. The maximum Gasteiger partial charge on any atom is 0.345 e. The third kappa shape index (κ3) is 3.43. The van der Waals surface area contributed by atoms with Gasteiger partial charge in [0, 0.05) is 31.6 Å². The molecule has 1 saturated heterocycles. The lowest BCUT2D eigenvalue weighted by Crippen LogP contribution is -2.44. The normalized spacial score (nSPS) is 22.6. The number of hydrogen-bond donors (Lipinski definition) is 2. The van der Waals surface area contributed by atoms with Crippen LogP contribution in [-0.4, -0.2) is 52.0 Å². The average molecular weight is 335 g/mol. The highest BCUT2D eigenvalue weighted by Crippen LogP contribution is 2.27. The van der Waals surface area contributed by atoms with E-state index in [0.717, 1.165) is 11.3 Å². The molecule has 0 aliphatic carbocycles. The molecule has 1 atom stereocenters. The van der Waals surface area contributed by atoms with E-state index in [0.29, 0.717) is 24.5 Å². The summed E-state index contributed by atoms with van der Waals surface area (Å²) in [5, 5.41) is 8.93. The van der Waals surface area contributed by atoms with Gasteiger partial charge in [-0.3, -0.25) is 0 Å². The van der Waals surface area contributed by atoms with Gasteiger partial charge in [0.05, 0.1) is 11.5 Å². The molecule has 1 aromatic heterocycles. The Kier molecular flexibility index (Phi) is 4.69. The molecule has 2 heterocycles. The van der Waals surface area contributed by atoms with Crippen LogP contribution in [0.1, 0.15) is 21.0 Å². The molecule has 118 valence electrons. The van der Waals surface area contributed by atoms with Crippen LogP contribution in [-0.2, 0) is 19.5 Å². The number of aromatic carboxylic acids is 1. The van der Waals surface area contributed by atoms with Crippen LogP contribution in [0.2, 0.25) is 0 Å². The molecule has 1 aliphatic heterocycles. The molecule has 0 saturated carbocycles. The lowest BCUT2D eigenvalue weighted by atomic mass is 10.0. The van der Waals surface area contributed by atoms with Crippen LogP contribution in [0.25, 0.3) is 0 Å². The Morgan fingerprint density at radius 1 is 1.62 bits per heavy atom. The first-order chi connectivity index (χ1) is 9.80. The first-order valence-electron chi connectivity index (χ1n) is 6.26. The zero-order valence-corrected chi connectivity index (χ0v) is 13.3. The number of methoxy groups -OCH3 is 1. The van der Waals surface area contributed by atoms with Crippen LogP contribution in [0.15, 0.2) is 11.0 Å². The molecule has 1 fully saturated rings. The molecule has 7 nitrogen and oxygen atoms in total. The maximum atomic E-state index is 12.3. The monoisotopic (exact) mass is 335 g/mol. The summed E-state index contributed by atoms with van der Waals surface area (Å²) in [6, 6.07) is 1.18. The number of carboxylic acids is 1. The number of sulfonamides is 1. The average Bonchev–Trinajstić information content (AvgIpc) is 3.04. The standard InChI is InChI=1S/C12H17NO6S2/c1-8-10(5-9(20-8)11(14)15)21(16,17)13-6-12(18-2)3-4-19-7-12/h5,13H,3-4,6-7H2,1-2H3,(H,14,15). The molecule has 1 aromatic rings. The van der Waals surface area contributed by atoms with Crippen LogP contribution in [0.3, 0.4) is 0 Å². The lowest BCUT2D eigenvalue weighted by Gasteiger charge is -2.25. The maximum absolute atomic E-state index is 12.3. The van der Waals surface area contributed by atoms with Crippen LogP contribution in [0.4, 0.5) is 0 Å². The van der Waals surface area contributed by atoms with Gasteiger partial charge in [0.15, 0.2) is 0 Å². The smallest absolute Gasteiger partial charge is 0.345 e. The summed E-state index contributed by atoms with van der Waals surface area (Å²) in [4.78, 5) is 11.3. The largest absolute Gasteiger partial charge is 0.477 e. The van der Waals surface area contributed by atoms with Crippen molar-refractivity contribution in [3.8, 4) is 0 Å². The highest BCUT2D eigenvalue weighted by Gasteiger charge is 2.36. The van der Waals surface area contributed by atoms with E-state index in [1.165, 1.54) is 13.2 Å². The van der Waals surface area contributed by atoms with Crippen LogP contribution < -0.4 is 4.72 Å². The summed E-state index contributed by atoms with van der Waals surface area (Å²) in [6.45, 7) is 2.52. The van der Waals surface area contributed by atoms with Gasteiger partial charge in [0.2, 0.25) is 10.0 Å². The molecular formula is C12H17NO6S2. The van der Waals surface area contributed by atoms with Crippen molar-refractivity contribution in [3.05, 3.63) is 15.8 Å². The quantitative estimate of drug-likeness (QED) is 0.799. The van der Waals surface area contributed by atoms with Crippen molar-refractivity contribution in [2.24, 2.45) is 0 Å². The van der Waals surface area contributed by atoms with E-state index in [4.69, 9.17) is 14.6 Å². The second-order valence-corrected chi connectivity index (χ2v) is 7.84. The fraction of sp³-hybridized carbons (Fsp3) is 0.583. The van der Waals surface area contributed by atoms with E-state index < -0.39 is 21.6 Å². The Hall–Kier alpha value is -1.00. The minimum Gasteiger partial charge on any atom is -0.477 e. The zero-order valence-electron chi connectivity index (χ0n) is 11.7. The molecule has 2 rings (SSSR count). The molecule has 0 amide bonds. The van der Waals surface area contributed by atoms with Crippen molar-refractivity contribution in [1.29, 1.82) is 0 Å². The highest BCUT2D eigenvalue weighted by atomic mass is 32.2. The van der Waals surface area contributed by atoms with Crippen molar-refractivity contribution in [2.45, 2.75) is 23.8 Å². The first-order valence-corrected chi connectivity index (χ1v) is 8.56. The molecule has 0 bridgehead atoms. The second-order valence-electron chi connectivity index (χ2n) is 4.85. The fourth-order valence-electron chi connectivity index (χ4n) is 2.10.